The van der Waals surface area contributed by atoms with E-state index in [9.17, 15) is 4.79 Å². The average Bonchev–Trinajstić information content (AvgIpc) is 2.33. The minimum absolute atomic E-state index is 0.123. The quantitative estimate of drug-likeness (QED) is 0.710. The van der Waals surface area contributed by atoms with Gasteiger partial charge in [0.2, 0.25) is 0 Å². The first-order chi connectivity index (χ1) is 8.56. The molecule has 0 spiro atoms. The normalized spacial score (nSPS) is 10.9. The molecule has 1 aromatic heterocycles. The molecule has 0 radical (unpaired) electrons. The maximum atomic E-state index is 12.0. The zero-order valence-corrected chi connectivity index (χ0v) is 12.3. The molecule has 6 nitrogen and oxygen atoms in total. The smallest absolute Gasteiger partial charge is 0.283 e. The summed E-state index contributed by atoms with van der Waals surface area (Å²) in [6.07, 6.45) is 2.26. The van der Waals surface area contributed by atoms with Crippen molar-refractivity contribution in [1.82, 2.24) is 14.7 Å². The Hall–Kier alpha value is -0.920. The number of likely N-dealkylation sites (N-methyl/N-ethyl adjacent to an activating group) is 1. The van der Waals surface area contributed by atoms with Crippen LogP contribution in [0.4, 0.5) is 5.69 Å². The van der Waals surface area contributed by atoms with Crippen molar-refractivity contribution in [2.24, 2.45) is 0 Å². The second kappa shape index (κ2) is 7.50. The van der Waals surface area contributed by atoms with Gasteiger partial charge in [0.1, 0.15) is 4.47 Å². The Morgan fingerprint density at radius 1 is 1.56 bits per heavy atom. The molecule has 0 bridgehead atoms. The van der Waals surface area contributed by atoms with E-state index in [1.807, 2.05) is 19.0 Å². The van der Waals surface area contributed by atoms with Crippen molar-refractivity contribution in [2.45, 2.75) is 13.0 Å². The van der Waals surface area contributed by atoms with Crippen LogP contribution in [0.2, 0.25) is 0 Å². The number of hydrogen-bond donors (Lipinski definition) is 2. The van der Waals surface area contributed by atoms with Crippen molar-refractivity contribution in [3.63, 3.8) is 0 Å². The molecule has 7 heteroatoms. The standard InChI is InChI=1S/C11H19BrN4O2/c1-15(2)5-6-16-11(18)10(12)9(8-14-16)13-4-3-7-17/h8,13,17H,3-7H2,1-2H3. The van der Waals surface area contributed by atoms with E-state index in [-0.39, 0.29) is 12.2 Å². The van der Waals surface area contributed by atoms with Gasteiger partial charge in [-0.15, -0.1) is 0 Å². The molecule has 0 saturated heterocycles. The average molecular weight is 319 g/mol. The lowest BCUT2D eigenvalue weighted by Gasteiger charge is -2.12. The Kier molecular flexibility index (Phi) is 6.31. The SMILES string of the molecule is CN(C)CCn1ncc(NCCCO)c(Br)c1=O. The van der Waals surface area contributed by atoms with Crippen molar-refractivity contribution >= 4 is 21.6 Å². The van der Waals surface area contributed by atoms with Crippen LogP contribution in [0.25, 0.3) is 0 Å². The summed E-state index contributed by atoms with van der Waals surface area (Å²) in [5, 5.41) is 15.9. The molecule has 0 amide bonds. The van der Waals surface area contributed by atoms with Crippen LogP contribution in [0.3, 0.4) is 0 Å². The number of rotatable bonds is 7. The third-order valence-electron chi connectivity index (χ3n) is 2.39. The van der Waals surface area contributed by atoms with Gasteiger partial charge in [0.25, 0.3) is 5.56 Å². The maximum Gasteiger partial charge on any atom is 0.283 e. The van der Waals surface area contributed by atoms with E-state index in [0.717, 1.165) is 6.54 Å². The molecule has 0 aliphatic heterocycles. The number of aliphatic hydroxyl groups is 1. The highest BCUT2D eigenvalue weighted by Gasteiger charge is 2.08. The van der Waals surface area contributed by atoms with Crippen LogP contribution < -0.4 is 10.9 Å². The molecule has 0 unspecified atom stereocenters. The van der Waals surface area contributed by atoms with Gasteiger partial charge in [-0.05, 0) is 36.4 Å². The summed E-state index contributed by atoms with van der Waals surface area (Å²) in [4.78, 5) is 14.0. The van der Waals surface area contributed by atoms with E-state index in [2.05, 4.69) is 26.3 Å². The topological polar surface area (TPSA) is 70.4 Å². The Morgan fingerprint density at radius 3 is 2.89 bits per heavy atom. The lowest BCUT2D eigenvalue weighted by molar-refractivity contribution is 0.292. The number of nitrogens with zero attached hydrogens (tertiary/aromatic N) is 3. The zero-order chi connectivity index (χ0) is 13.5. The molecular weight excluding hydrogens is 300 g/mol. The van der Waals surface area contributed by atoms with Gasteiger partial charge in [0.05, 0.1) is 18.4 Å². The van der Waals surface area contributed by atoms with E-state index < -0.39 is 0 Å². The molecule has 0 saturated carbocycles. The Labute approximate surface area is 115 Å². The Morgan fingerprint density at radius 2 is 2.28 bits per heavy atom. The van der Waals surface area contributed by atoms with Crippen LogP contribution in [0, 0.1) is 0 Å². The van der Waals surface area contributed by atoms with Crippen molar-refractivity contribution in [2.75, 3.05) is 39.1 Å². The lowest BCUT2D eigenvalue weighted by atomic mass is 10.4. The second-order valence-corrected chi connectivity index (χ2v) is 5.00. The van der Waals surface area contributed by atoms with E-state index in [1.165, 1.54) is 4.68 Å². The van der Waals surface area contributed by atoms with Gasteiger partial charge in [0, 0.05) is 19.7 Å². The van der Waals surface area contributed by atoms with Crippen molar-refractivity contribution < 1.29 is 5.11 Å². The highest BCUT2D eigenvalue weighted by atomic mass is 79.9. The van der Waals surface area contributed by atoms with Gasteiger partial charge >= 0.3 is 0 Å². The second-order valence-electron chi connectivity index (χ2n) is 4.21. The first kappa shape index (κ1) is 15.1. The van der Waals surface area contributed by atoms with Crippen molar-refractivity contribution in [1.29, 1.82) is 0 Å². The minimum Gasteiger partial charge on any atom is -0.396 e. The van der Waals surface area contributed by atoms with Crippen LogP contribution in [0.1, 0.15) is 6.42 Å². The van der Waals surface area contributed by atoms with Crippen LogP contribution >= 0.6 is 15.9 Å². The largest absolute Gasteiger partial charge is 0.396 e. The van der Waals surface area contributed by atoms with Crippen LogP contribution in [0.5, 0.6) is 0 Å². The first-order valence-electron chi connectivity index (χ1n) is 5.81. The van der Waals surface area contributed by atoms with E-state index in [0.29, 0.717) is 29.7 Å². The summed E-state index contributed by atoms with van der Waals surface area (Å²) in [5.74, 6) is 0. The first-order valence-corrected chi connectivity index (χ1v) is 6.60. The Balaban J connectivity index is 2.75. The molecule has 0 aliphatic rings. The van der Waals surface area contributed by atoms with Gasteiger partial charge in [-0.2, -0.15) is 5.10 Å². The summed E-state index contributed by atoms with van der Waals surface area (Å²) in [6.45, 7) is 2.05. The number of nitrogens with one attached hydrogen (secondary N) is 1. The summed E-state index contributed by atoms with van der Waals surface area (Å²) in [6, 6.07) is 0. The monoisotopic (exact) mass is 318 g/mol. The number of anilines is 1. The molecule has 1 rings (SSSR count). The summed E-state index contributed by atoms with van der Waals surface area (Å²) < 4.78 is 1.91. The fourth-order valence-electron chi connectivity index (χ4n) is 1.34. The molecule has 102 valence electrons. The van der Waals surface area contributed by atoms with E-state index in [1.54, 1.807) is 6.20 Å². The molecule has 0 atom stereocenters. The molecular formula is C11H19BrN4O2. The molecule has 2 N–H and O–H groups in total. The number of aromatic nitrogens is 2. The van der Waals surface area contributed by atoms with Crippen LogP contribution in [-0.4, -0.2) is 53.6 Å². The van der Waals surface area contributed by atoms with Crippen LogP contribution in [0.15, 0.2) is 15.5 Å². The highest BCUT2D eigenvalue weighted by molar-refractivity contribution is 9.10. The van der Waals surface area contributed by atoms with Gasteiger partial charge in [-0.3, -0.25) is 4.79 Å². The van der Waals surface area contributed by atoms with E-state index in [4.69, 9.17) is 5.11 Å². The third kappa shape index (κ3) is 4.40. The third-order valence-corrected chi connectivity index (χ3v) is 3.16. The lowest BCUT2D eigenvalue weighted by Crippen LogP contribution is -2.29. The van der Waals surface area contributed by atoms with Gasteiger partial charge < -0.3 is 15.3 Å². The fraction of sp³-hybridized carbons (Fsp3) is 0.636. The van der Waals surface area contributed by atoms with Gasteiger partial charge in [-0.25, -0.2) is 4.68 Å². The zero-order valence-electron chi connectivity index (χ0n) is 10.7. The minimum atomic E-state index is -0.147. The van der Waals surface area contributed by atoms with Crippen molar-refractivity contribution in [3.05, 3.63) is 21.0 Å². The number of halogens is 1. The molecule has 1 aromatic rings. The van der Waals surface area contributed by atoms with Crippen molar-refractivity contribution in [3.8, 4) is 0 Å². The molecule has 18 heavy (non-hydrogen) atoms. The molecule has 0 fully saturated rings. The van der Waals surface area contributed by atoms with E-state index >= 15 is 0 Å². The van der Waals surface area contributed by atoms with Gasteiger partial charge in [0.15, 0.2) is 0 Å². The van der Waals surface area contributed by atoms with Gasteiger partial charge in [-0.1, -0.05) is 0 Å². The number of hydrogen-bond acceptors (Lipinski definition) is 5. The Bertz CT molecular complexity index is 434. The summed E-state index contributed by atoms with van der Waals surface area (Å²) >= 11 is 3.28. The maximum absolute atomic E-state index is 12.0. The predicted molar refractivity (Wildman–Crippen MR) is 74.9 cm³/mol. The predicted octanol–water partition coefficient (Wildman–Crippen LogP) is 0.362. The summed E-state index contributed by atoms with van der Waals surface area (Å²) in [7, 11) is 3.90. The molecule has 0 aliphatic carbocycles. The highest BCUT2D eigenvalue weighted by Crippen LogP contribution is 2.15. The summed E-state index contributed by atoms with van der Waals surface area (Å²) in [5.41, 5.74) is 0.514. The van der Waals surface area contributed by atoms with Crippen LogP contribution in [-0.2, 0) is 6.54 Å². The molecule has 1 heterocycles. The number of aliphatic hydroxyl groups excluding tert-OH is 1. The fourth-order valence-corrected chi connectivity index (χ4v) is 1.79. The molecule has 0 aromatic carbocycles.